The molecule has 0 spiro atoms. The minimum Gasteiger partial charge on any atom is -0.348 e. The molecule has 0 atom stereocenters. The number of carbonyl (C=O) groups excluding carboxylic acids is 1. The summed E-state index contributed by atoms with van der Waals surface area (Å²) in [5, 5.41) is 3.54. The number of hydrogen-bond donors (Lipinski definition) is 1. The third-order valence-corrected chi connectivity index (χ3v) is 1.57. The first-order valence-corrected chi connectivity index (χ1v) is 4.20. The van der Waals surface area contributed by atoms with Crippen molar-refractivity contribution >= 4 is 22.3 Å². The number of hydrogen-bond acceptors (Lipinski definition) is 1. The maximum Gasteiger partial charge on any atom is 0.309 e. The molecular formula is C6H11BrNO. The summed E-state index contributed by atoms with van der Waals surface area (Å²) in [5.74, 6) is 0. The average Bonchev–Trinajstić information content (AvgIpc) is 1.89. The van der Waals surface area contributed by atoms with Gasteiger partial charge < -0.3 is 5.32 Å². The topological polar surface area (TPSA) is 29.1 Å². The van der Waals surface area contributed by atoms with Crippen LogP contribution in [0.4, 0.5) is 0 Å². The normalized spacial score (nSPS) is 9.00. The maximum absolute atomic E-state index is 9.59. The number of amides is 1. The van der Waals surface area contributed by atoms with Gasteiger partial charge in [-0.2, -0.15) is 0 Å². The SMILES string of the molecule is O=[C]NCCCCCBr. The number of alkyl halides is 1. The molecule has 0 saturated heterocycles. The Kier molecular flexibility index (Phi) is 7.91. The number of halogens is 1. The van der Waals surface area contributed by atoms with Crippen molar-refractivity contribution in [1.82, 2.24) is 5.32 Å². The van der Waals surface area contributed by atoms with Crippen LogP contribution in [0.2, 0.25) is 0 Å². The van der Waals surface area contributed by atoms with E-state index in [1.165, 1.54) is 12.8 Å². The summed E-state index contributed by atoms with van der Waals surface area (Å²) in [6.45, 7) is 0.760. The van der Waals surface area contributed by atoms with Crippen LogP contribution in [0.25, 0.3) is 0 Å². The number of unbranched alkanes of at least 4 members (excludes halogenated alkanes) is 2. The van der Waals surface area contributed by atoms with Crippen LogP contribution in [-0.4, -0.2) is 18.3 Å². The summed E-state index contributed by atoms with van der Waals surface area (Å²) in [7, 11) is 0. The predicted octanol–water partition coefficient (Wildman–Crippen LogP) is 1.21. The summed E-state index contributed by atoms with van der Waals surface area (Å²) in [6.07, 6.45) is 5.04. The largest absolute Gasteiger partial charge is 0.348 e. The third kappa shape index (κ3) is 7.95. The molecule has 0 aliphatic heterocycles. The molecule has 0 rings (SSSR count). The van der Waals surface area contributed by atoms with Crippen molar-refractivity contribution in [2.75, 3.05) is 11.9 Å². The Hall–Kier alpha value is -0.0500. The molecule has 0 bridgehead atoms. The highest BCUT2D eigenvalue weighted by atomic mass is 79.9. The maximum atomic E-state index is 9.59. The zero-order chi connectivity index (χ0) is 6.95. The van der Waals surface area contributed by atoms with Gasteiger partial charge in [0.25, 0.3) is 0 Å². The van der Waals surface area contributed by atoms with Gasteiger partial charge in [-0.15, -0.1) is 0 Å². The van der Waals surface area contributed by atoms with E-state index >= 15 is 0 Å². The molecule has 0 aromatic carbocycles. The summed E-state index contributed by atoms with van der Waals surface area (Å²) < 4.78 is 0. The number of nitrogens with one attached hydrogen (secondary N) is 1. The molecule has 3 heteroatoms. The molecule has 1 N–H and O–H groups in total. The lowest BCUT2D eigenvalue weighted by Crippen LogP contribution is -2.11. The molecule has 1 amide bonds. The van der Waals surface area contributed by atoms with E-state index in [1.54, 1.807) is 6.41 Å². The zero-order valence-electron chi connectivity index (χ0n) is 5.32. The Bertz CT molecular complexity index is 68.1. The molecule has 0 heterocycles. The van der Waals surface area contributed by atoms with E-state index in [-0.39, 0.29) is 0 Å². The molecule has 53 valence electrons. The van der Waals surface area contributed by atoms with Crippen molar-refractivity contribution < 1.29 is 4.79 Å². The second-order valence-electron chi connectivity index (χ2n) is 1.78. The second kappa shape index (κ2) is 7.95. The molecular weight excluding hydrogens is 182 g/mol. The zero-order valence-corrected chi connectivity index (χ0v) is 6.91. The highest BCUT2D eigenvalue weighted by molar-refractivity contribution is 9.09. The first-order chi connectivity index (χ1) is 4.41. The Morgan fingerprint density at radius 2 is 2.11 bits per heavy atom. The van der Waals surface area contributed by atoms with Crippen LogP contribution in [0, 0.1) is 0 Å². The molecule has 0 aromatic heterocycles. The third-order valence-electron chi connectivity index (χ3n) is 1.01. The van der Waals surface area contributed by atoms with E-state index in [4.69, 9.17) is 0 Å². The minimum atomic E-state index is 0.760. The van der Waals surface area contributed by atoms with E-state index in [0.29, 0.717) is 0 Å². The fraction of sp³-hybridized carbons (Fsp3) is 0.833. The van der Waals surface area contributed by atoms with E-state index in [0.717, 1.165) is 18.3 Å². The van der Waals surface area contributed by atoms with Crippen LogP contribution in [0.15, 0.2) is 0 Å². The number of rotatable bonds is 6. The molecule has 0 aliphatic carbocycles. The van der Waals surface area contributed by atoms with Crippen LogP contribution < -0.4 is 5.32 Å². The van der Waals surface area contributed by atoms with Gasteiger partial charge in [0.15, 0.2) is 0 Å². The van der Waals surface area contributed by atoms with Gasteiger partial charge in [0.05, 0.1) is 0 Å². The van der Waals surface area contributed by atoms with Gasteiger partial charge in [-0.25, -0.2) is 0 Å². The van der Waals surface area contributed by atoms with Gasteiger partial charge in [0.2, 0.25) is 0 Å². The highest BCUT2D eigenvalue weighted by Crippen LogP contribution is 1.96. The van der Waals surface area contributed by atoms with Gasteiger partial charge in [0, 0.05) is 11.9 Å². The Balaban J connectivity index is 2.66. The summed E-state index contributed by atoms with van der Waals surface area (Å²) in [6, 6.07) is 0. The predicted molar refractivity (Wildman–Crippen MR) is 41.3 cm³/mol. The van der Waals surface area contributed by atoms with Crippen molar-refractivity contribution in [3.05, 3.63) is 0 Å². The van der Waals surface area contributed by atoms with Gasteiger partial charge in [-0.05, 0) is 12.8 Å². The van der Waals surface area contributed by atoms with E-state index in [2.05, 4.69) is 21.2 Å². The molecule has 2 nitrogen and oxygen atoms in total. The smallest absolute Gasteiger partial charge is 0.309 e. The van der Waals surface area contributed by atoms with Crippen LogP contribution in [0.3, 0.4) is 0 Å². The van der Waals surface area contributed by atoms with Crippen molar-refractivity contribution in [1.29, 1.82) is 0 Å². The molecule has 0 aromatic rings. The van der Waals surface area contributed by atoms with Crippen molar-refractivity contribution in [2.24, 2.45) is 0 Å². The Morgan fingerprint density at radius 3 is 2.67 bits per heavy atom. The van der Waals surface area contributed by atoms with Gasteiger partial charge in [0.1, 0.15) is 0 Å². The van der Waals surface area contributed by atoms with Crippen LogP contribution in [-0.2, 0) is 4.79 Å². The molecule has 0 unspecified atom stereocenters. The van der Waals surface area contributed by atoms with Gasteiger partial charge >= 0.3 is 6.41 Å². The van der Waals surface area contributed by atoms with Crippen molar-refractivity contribution in [3.8, 4) is 0 Å². The molecule has 0 fully saturated rings. The second-order valence-corrected chi connectivity index (χ2v) is 2.57. The van der Waals surface area contributed by atoms with Crippen LogP contribution >= 0.6 is 15.9 Å². The van der Waals surface area contributed by atoms with E-state index in [9.17, 15) is 4.79 Å². The highest BCUT2D eigenvalue weighted by Gasteiger charge is 1.85. The quantitative estimate of drug-likeness (QED) is 0.383. The summed E-state index contributed by atoms with van der Waals surface area (Å²) in [5.41, 5.74) is 0. The Morgan fingerprint density at radius 1 is 1.33 bits per heavy atom. The lowest BCUT2D eigenvalue weighted by molar-refractivity contribution is 0.538. The molecule has 0 aliphatic rings. The average molecular weight is 193 g/mol. The van der Waals surface area contributed by atoms with Gasteiger partial charge in [-0.1, -0.05) is 22.4 Å². The standard InChI is InChI=1S/C6H11BrNO/c7-4-2-1-3-5-8-6-9/h1-5H2,(H,8,9). The monoisotopic (exact) mass is 192 g/mol. The fourth-order valence-corrected chi connectivity index (χ4v) is 0.932. The minimum absolute atomic E-state index is 0.760. The van der Waals surface area contributed by atoms with Crippen molar-refractivity contribution in [3.63, 3.8) is 0 Å². The lowest BCUT2D eigenvalue weighted by atomic mass is 10.2. The fourth-order valence-electron chi connectivity index (χ4n) is 0.536. The van der Waals surface area contributed by atoms with Gasteiger partial charge in [-0.3, -0.25) is 4.79 Å². The molecule has 1 radical (unpaired) electrons. The first-order valence-electron chi connectivity index (χ1n) is 3.07. The van der Waals surface area contributed by atoms with Crippen LogP contribution in [0.1, 0.15) is 19.3 Å². The summed E-state index contributed by atoms with van der Waals surface area (Å²) >= 11 is 3.32. The Labute approximate surface area is 64.1 Å². The molecule has 0 saturated carbocycles. The van der Waals surface area contributed by atoms with Crippen molar-refractivity contribution in [2.45, 2.75) is 19.3 Å². The van der Waals surface area contributed by atoms with E-state index < -0.39 is 0 Å². The first kappa shape index (κ1) is 8.95. The van der Waals surface area contributed by atoms with E-state index in [1.807, 2.05) is 0 Å². The van der Waals surface area contributed by atoms with Crippen LogP contribution in [0.5, 0.6) is 0 Å². The lowest BCUT2D eigenvalue weighted by Gasteiger charge is -1.94. The summed E-state index contributed by atoms with van der Waals surface area (Å²) in [4.78, 5) is 9.59. The molecule has 9 heavy (non-hydrogen) atoms.